The molecule has 4 heteroatoms. The van der Waals surface area contributed by atoms with E-state index in [-0.39, 0.29) is 5.82 Å². The van der Waals surface area contributed by atoms with Crippen molar-refractivity contribution in [2.45, 2.75) is 25.4 Å². The highest BCUT2D eigenvalue weighted by atomic mass is 79.9. The molecule has 1 aliphatic rings. The summed E-state index contributed by atoms with van der Waals surface area (Å²) in [5.41, 5.74) is 3.70. The summed E-state index contributed by atoms with van der Waals surface area (Å²) in [6, 6.07) is 11.5. The van der Waals surface area contributed by atoms with Crippen molar-refractivity contribution in [2.24, 2.45) is 0 Å². The molecule has 104 valence electrons. The van der Waals surface area contributed by atoms with Gasteiger partial charge in [-0.05, 0) is 53.8 Å². The smallest absolute Gasteiger partial charge is 0.123 e. The van der Waals surface area contributed by atoms with Crippen molar-refractivity contribution in [2.75, 3.05) is 0 Å². The summed E-state index contributed by atoms with van der Waals surface area (Å²) in [5, 5.41) is 3.53. The number of fused-ring (bicyclic) bond motifs is 1. The van der Waals surface area contributed by atoms with Gasteiger partial charge in [-0.2, -0.15) is 0 Å². The summed E-state index contributed by atoms with van der Waals surface area (Å²) in [6.45, 7) is 0.662. The maximum absolute atomic E-state index is 13.3. The average Bonchev–Trinajstić information content (AvgIpc) is 2.85. The average molecular weight is 399 g/mol. The van der Waals surface area contributed by atoms with Gasteiger partial charge in [-0.1, -0.05) is 44.0 Å². The van der Waals surface area contributed by atoms with Crippen LogP contribution in [0.15, 0.2) is 45.3 Å². The molecule has 0 bridgehead atoms. The topological polar surface area (TPSA) is 12.0 Å². The first-order valence-corrected chi connectivity index (χ1v) is 8.18. The number of nitrogens with one attached hydrogen (secondary N) is 1. The van der Waals surface area contributed by atoms with E-state index in [4.69, 9.17) is 0 Å². The Morgan fingerprint density at radius 1 is 1.15 bits per heavy atom. The standard InChI is InChI=1S/C16H14Br2FN/c17-14-6-4-11(19)8-10(14)9-20-16-7-5-12-13(16)2-1-3-15(12)18/h1-4,6,8,16,20H,5,7,9H2. The van der Waals surface area contributed by atoms with Gasteiger partial charge in [-0.25, -0.2) is 4.39 Å². The monoisotopic (exact) mass is 397 g/mol. The van der Waals surface area contributed by atoms with Crippen LogP contribution in [0.1, 0.15) is 29.2 Å². The van der Waals surface area contributed by atoms with E-state index in [1.54, 1.807) is 12.1 Å². The third-order valence-corrected chi connectivity index (χ3v) is 5.28. The van der Waals surface area contributed by atoms with Crippen molar-refractivity contribution in [3.05, 3.63) is 67.9 Å². The number of halogens is 3. The fourth-order valence-electron chi connectivity index (χ4n) is 2.73. The molecule has 0 spiro atoms. The summed E-state index contributed by atoms with van der Waals surface area (Å²) in [7, 11) is 0. The summed E-state index contributed by atoms with van der Waals surface area (Å²) >= 11 is 7.08. The quantitative estimate of drug-likeness (QED) is 0.755. The zero-order chi connectivity index (χ0) is 14.1. The third kappa shape index (κ3) is 2.83. The van der Waals surface area contributed by atoms with E-state index in [9.17, 15) is 4.39 Å². The Hall–Kier alpha value is -0.710. The molecule has 0 saturated heterocycles. The SMILES string of the molecule is Fc1ccc(Br)c(CNC2CCc3c(Br)cccc32)c1. The van der Waals surface area contributed by atoms with Gasteiger partial charge >= 0.3 is 0 Å². The molecule has 0 radical (unpaired) electrons. The number of rotatable bonds is 3. The van der Waals surface area contributed by atoms with Crippen LogP contribution in [0, 0.1) is 5.82 Å². The first kappa shape index (κ1) is 14.2. The van der Waals surface area contributed by atoms with E-state index in [0.717, 1.165) is 22.9 Å². The molecule has 0 fully saturated rings. The molecule has 1 atom stereocenters. The lowest BCUT2D eigenvalue weighted by atomic mass is 10.1. The molecule has 1 nitrogen and oxygen atoms in total. The highest BCUT2D eigenvalue weighted by Gasteiger charge is 2.23. The lowest BCUT2D eigenvalue weighted by Crippen LogP contribution is -2.19. The van der Waals surface area contributed by atoms with Gasteiger partial charge in [-0.3, -0.25) is 0 Å². The van der Waals surface area contributed by atoms with Crippen LogP contribution < -0.4 is 5.32 Å². The van der Waals surface area contributed by atoms with Crippen LogP contribution in [-0.2, 0) is 13.0 Å². The molecule has 0 aromatic heterocycles. The third-order valence-electron chi connectivity index (χ3n) is 3.76. The minimum atomic E-state index is -0.195. The van der Waals surface area contributed by atoms with Gasteiger partial charge in [0.05, 0.1) is 0 Å². The molecule has 2 aromatic rings. The van der Waals surface area contributed by atoms with Gasteiger partial charge in [0.2, 0.25) is 0 Å². The van der Waals surface area contributed by atoms with Crippen LogP contribution in [-0.4, -0.2) is 0 Å². The Kier molecular flexibility index (Phi) is 4.24. The highest BCUT2D eigenvalue weighted by Crippen LogP contribution is 2.35. The number of benzene rings is 2. The first-order valence-electron chi connectivity index (χ1n) is 6.60. The Balaban J connectivity index is 1.75. The minimum absolute atomic E-state index is 0.195. The second kappa shape index (κ2) is 5.96. The lowest BCUT2D eigenvalue weighted by molar-refractivity contribution is 0.527. The molecule has 3 rings (SSSR count). The van der Waals surface area contributed by atoms with Gasteiger partial charge in [-0.15, -0.1) is 0 Å². The van der Waals surface area contributed by atoms with Gasteiger partial charge in [0.25, 0.3) is 0 Å². The van der Waals surface area contributed by atoms with Gasteiger partial charge in [0.1, 0.15) is 5.82 Å². The molecule has 1 aliphatic carbocycles. The minimum Gasteiger partial charge on any atom is -0.306 e. The van der Waals surface area contributed by atoms with E-state index < -0.39 is 0 Å². The normalized spacial score (nSPS) is 17.2. The summed E-state index contributed by atoms with van der Waals surface area (Å²) in [4.78, 5) is 0. The molecule has 1 unspecified atom stereocenters. The van der Waals surface area contributed by atoms with E-state index in [2.05, 4.69) is 55.4 Å². The molecule has 0 aliphatic heterocycles. The van der Waals surface area contributed by atoms with Crippen molar-refractivity contribution in [1.29, 1.82) is 0 Å². The predicted molar refractivity (Wildman–Crippen MR) is 86.1 cm³/mol. The van der Waals surface area contributed by atoms with Crippen molar-refractivity contribution in [1.82, 2.24) is 5.32 Å². The van der Waals surface area contributed by atoms with Crippen LogP contribution in [0.2, 0.25) is 0 Å². The van der Waals surface area contributed by atoms with Crippen LogP contribution in [0.3, 0.4) is 0 Å². The Morgan fingerprint density at radius 3 is 2.85 bits per heavy atom. The largest absolute Gasteiger partial charge is 0.306 e. The molecule has 1 N–H and O–H groups in total. The highest BCUT2D eigenvalue weighted by molar-refractivity contribution is 9.10. The summed E-state index contributed by atoms with van der Waals surface area (Å²) in [6.07, 6.45) is 2.17. The van der Waals surface area contributed by atoms with Gasteiger partial charge in [0, 0.05) is 21.5 Å². The lowest BCUT2D eigenvalue weighted by Gasteiger charge is -2.15. The predicted octanol–water partition coefficient (Wildman–Crippen LogP) is 5.13. The molecule has 0 heterocycles. The number of hydrogen-bond acceptors (Lipinski definition) is 1. The number of hydrogen-bond donors (Lipinski definition) is 1. The Morgan fingerprint density at radius 2 is 2.00 bits per heavy atom. The van der Waals surface area contributed by atoms with E-state index >= 15 is 0 Å². The Bertz CT molecular complexity index is 642. The van der Waals surface area contributed by atoms with E-state index in [1.807, 2.05) is 0 Å². The summed E-state index contributed by atoms with van der Waals surface area (Å²) < 4.78 is 15.4. The zero-order valence-electron chi connectivity index (χ0n) is 10.8. The van der Waals surface area contributed by atoms with Crippen molar-refractivity contribution >= 4 is 31.9 Å². The van der Waals surface area contributed by atoms with Crippen LogP contribution in [0.25, 0.3) is 0 Å². The second-order valence-corrected chi connectivity index (χ2v) is 6.72. The fraction of sp³-hybridized carbons (Fsp3) is 0.250. The van der Waals surface area contributed by atoms with E-state index in [1.165, 1.54) is 21.7 Å². The first-order chi connectivity index (χ1) is 9.65. The zero-order valence-corrected chi connectivity index (χ0v) is 14.0. The maximum atomic E-state index is 13.3. The van der Waals surface area contributed by atoms with E-state index in [0.29, 0.717) is 12.6 Å². The second-order valence-electron chi connectivity index (χ2n) is 5.02. The maximum Gasteiger partial charge on any atom is 0.123 e. The van der Waals surface area contributed by atoms with Crippen LogP contribution in [0.4, 0.5) is 4.39 Å². The molecular weight excluding hydrogens is 385 g/mol. The van der Waals surface area contributed by atoms with Crippen molar-refractivity contribution in [3.63, 3.8) is 0 Å². The fourth-order valence-corrected chi connectivity index (χ4v) is 3.70. The van der Waals surface area contributed by atoms with Gasteiger partial charge < -0.3 is 5.32 Å². The van der Waals surface area contributed by atoms with Crippen LogP contribution in [0.5, 0.6) is 0 Å². The Labute approximate surface area is 134 Å². The van der Waals surface area contributed by atoms with Crippen LogP contribution >= 0.6 is 31.9 Å². The molecule has 0 amide bonds. The summed E-state index contributed by atoms with van der Waals surface area (Å²) in [5.74, 6) is -0.195. The van der Waals surface area contributed by atoms with Crippen molar-refractivity contribution in [3.8, 4) is 0 Å². The molecule has 0 saturated carbocycles. The van der Waals surface area contributed by atoms with Gasteiger partial charge in [0.15, 0.2) is 0 Å². The molecule has 2 aromatic carbocycles. The molecular formula is C16H14Br2FN. The van der Waals surface area contributed by atoms with Crippen molar-refractivity contribution < 1.29 is 4.39 Å². The molecule has 20 heavy (non-hydrogen) atoms.